The number of hydrogen-bond acceptors (Lipinski definition) is 3. The molecule has 2 aromatic rings. The lowest BCUT2D eigenvalue weighted by molar-refractivity contribution is -0.107. The van der Waals surface area contributed by atoms with Gasteiger partial charge in [0.05, 0.1) is 16.8 Å². The van der Waals surface area contributed by atoms with E-state index in [9.17, 15) is 9.90 Å². The fourth-order valence-corrected chi connectivity index (χ4v) is 1.92. The number of nitrogens with zero attached hydrogens (tertiary/aromatic N) is 2. The molecule has 90 valence electrons. The predicted molar refractivity (Wildman–Crippen MR) is 64.9 cm³/mol. The Labute approximate surface area is 99.9 Å². The van der Waals surface area contributed by atoms with Crippen LogP contribution in [0, 0.1) is 6.92 Å². The summed E-state index contributed by atoms with van der Waals surface area (Å²) in [7, 11) is 0. The molecule has 4 nitrogen and oxygen atoms in total. The second-order valence-electron chi connectivity index (χ2n) is 4.71. The number of carbonyl (C=O) groups excluding carboxylic acids is 1. The third-order valence-electron chi connectivity index (χ3n) is 2.88. The Morgan fingerprint density at radius 1 is 1.53 bits per heavy atom. The number of fused-ring (bicyclic) bond motifs is 1. The van der Waals surface area contributed by atoms with Gasteiger partial charge in [-0.2, -0.15) is 0 Å². The van der Waals surface area contributed by atoms with E-state index in [1.165, 1.54) is 0 Å². The van der Waals surface area contributed by atoms with Gasteiger partial charge in [0.25, 0.3) is 0 Å². The molecule has 0 bridgehead atoms. The Bertz CT molecular complexity index is 565. The van der Waals surface area contributed by atoms with Crippen molar-refractivity contribution in [2.45, 2.75) is 32.8 Å². The fourth-order valence-electron chi connectivity index (χ4n) is 1.92. The van der Waals surface area contributed by atoms with Crippen molar-refractivity contribution in [3.05, 3.63) is 35.4 Å². The Kier molecular flexibility index (Phi) is 2.75. The van der Waals surface area contributed by atoms with Crippen molar-refractivity contribution < 1.29 is 9.90 Å². The molecule has 0 radical (unpaired) electrons. The van der Waals surface area contributed by atoms with Crippen LogP contribution < -0.4 is 0 Å². The second-order valence-corrected chi connectivity index (χ2v) is 4.71. The van der Waals surface area contributed by atoms with Crippen LogP contribution in [0.25, 0.3) is 5.52 Å². The lowest BCUT2D eigenvalue weighted by Gasteiger charge is -2.18. The van der Waals surface area contributed by atoms with Crippen LogP contribution in [0.3, 0.4) is 0 Å². The van der Waals surface area contributed by atoms with E-state index in [4.69, 9.17) is 0 Å². The van der Waals surface area contributed by atoms with Crippen LogP contribution in [0.5, 0.6) is 0 Å². The first-order chi connectivity index (χ1) is 7.93. The second kappa shape index (κ2) is 3.96. The topological polar surface area (TPSA) is 54.6 Å². The summed E-state index contributed by atoms with van der Waals surface area (Å²) in [5.41, 5.74) is 1.56. The average molecular weight is 232 g/mol. The van der Waals surface area contributed by atoms with Gasteiger partial charge in [0, 0.05) is 12.6 Å². The summed E-state index contributed by atoms with van der Waals surface area (Å²) in [5.74, 6) is 0.846. The number of imidazole rings is 1. The van der Waals surface area contributed by atoms with E-state index < -0.39 is 5.60 Å². The van der Waals surface area contributed by atoms with Crippen molar-refractivity contribution in [2.24, 2.45) is 0 Å². The number of aliphatic hydroxyl groups is 1. The van der Waals surface area contributed by atoms with Crippen LogP contribution in [0.4, 0.5) is 0 Å². The summed E-state index contributed by atoms with van der Waals surface area (Å²) >= 11 is 0. The average Bonchev–Trinajstić information content (AvgIpc) is 2.55. The summed E-state index contributed by atoms with van der Waals surface area (Å²) in [4.78, 5) is 15.0. The molecule has 0 spiro atoms. The molecule has 0 aromatic carbocycles. The standard InChI is InChI=1S/C13H16N2O2/c1-9-14-11(5-7-16)12-8-10(13(2,3)17)4-6-15(9)12/h4,6-8,17H,5H2,1-3H3. The molecule has 2 rings (SSSR count). The molecule has 0 amide bonds. The molecule has 2 heterocycles. The quantitative estimate of drug-likeness (QED) is 0.818. The highest BCUT2D eigenvalue weighted by molar-refractivity contribution is 5.64. The number of aryl methyl sites for hydroxylation is 1. The van der Waals surface area contributed by atoms with E-state index in [2.05, 4.69) is 4.98 Å². The molecule has 0 saturated carbocycles. The van der Waals surface area contributed by atoms with Crippen LogP contribution in [0.1, 0.15) is 30.9 Å². The number of carbonyl (C=O) groups is 1. The normalized spacial score (nSPS) is 12.0. The molecule has 0 unspecified atom stereocenters. The predicted octanol–water partition coefficient (Wildman–Crippen LogP) is 1.61. The highest BCUT2D eigenvalue weighted by atomic mass is 16.3. The maximum Gasteiger partial charge on any atom is 0.126 e. The van der Waals surface area contributed by atoms with Gasteiger partial charge in [0.2, 0.25) is 0 Å². The highest BCUT2D eigenvalue weighted by Crippen LogP contribution is 2.23. The van der Waals surface area contributed by atoms with Gasteiger partial charge in [0.1, 0.15) is 12.1 Å². The van der Waals surface area contributed by atoms with Crippen molar-refractivity contribution in [2.75, 3.05) is 0 Å². The van der Waals surface area contributed by atoms with E-state index >= 15 is 0 Å². The largest absolute Gasteiger partial charge is 0.386 e. The van der Waals surface area contributed by atoms with E-state index in [1.807, 2.05) is 29.7 Å². The first-order valence-electron chi connectivity index (χ1n) is 5.57. The number of aldehydes is 1. The lowest BCUT2D eigenvalue weighted by atomic mass is 9.99. The number of rotatable bonds is 3. The Balaban J connectivity index is 2.66. The molecular formula is C13H16N2O2. The van der Waals surface area contributed by atoms with Crippen molar-refractivity contribution in [1.29, 1.82) is 0 Å². The maximum atomic E-state index is 10.6. The molecular weight excluding hydrogens is 216 g/mol. The minimum atomic E-state index is -0.891. The number of aromatic nitrogens is 2. The molecule has 0 saturated heterocycles. The van der Waals surface area contributed by atoms with Gasteiger partial charge in [-0.1, -0.05) is 0 Å². The van der Waals surface area contributed by atoms with E-state index in [0.717, 1.165) is 28.9 Å². The fraction of sp³-hybridized carbons (Fsp3) is 0.385. The van der Waals surface area contributed by atoms with Crippen LogP contribution in [0.15, 0.2) is 18.3 Å². The number of hydrogen-bond donors (Lipinski definition) is 1. The zero-order valence-corrected chi connectivity index (χ0v) is 10.3. The molecule has 0 atom stereocenters. The molecule has 1 N–H and O–H groups in total. The Morgan fingerprint density at radius 3 is 2.82 bits per heavy atom. The highest BCUT2D eigenvalue weighted by Gasteiger charge is 2.18. The zero-order chi connectivity index (χ0) is 12.6. The first kappa shape index (κ1) is 11.8. The van der Waals surface area contributed by atoms with Gasteiger partial charge in [-0.05, 0) is 38.5 Å². The Hall–Kier alpha value is -1.68. The monoisotopic (exact) mass is 232 g/mol. The van der Waals surface area contributed by atoms with Crippen molar-refractivity contribution >= 4 is 11.8 Å². The third kappa shape index (κ3) is 2.08. The van der Waals surface area contributed by atoms with Crippen molar-refractivity contribution in [3.8, 4) is 0 Å². The summed E-state index contributed by atoms with van der Waals surface area (Å²) in [6.07, 6.45) is 3.02. The Morgan fingerprint density at radius 2 is 2.24 bits per heavy atom. The molecule has 0 fully saturated rings. The van der Waals surface area contributed by atoms with Gasteiger partial charge in [-0.15, -0.1) is 0 Å². The summed E-state index contributed by atoms with van der Waals surface area (Å²) in [6, 6.07) is 3.76. The summed E-state index contributed by atoms with van der Waals surface area (Å²) in [5, 5.41) is 9.98. The molecule has 0 aliphatic heterocycles. The van der Waals surface area contributed by atoms with Gasteiger partial charge in [-0.3, -0.25) is 0 Å². The molecule has 0 aliphatic rings. The minimum Gasteiger partial charge on any atom is -0.386 e. The first-order valence-corrected chi connectivity index (χ1v) is 5.57. The zero-order valence-electron chi connectivity index (χ0n) is 10.3. The third-order valence-corrected chi connectivity index (χ3v) is 2.88. The summed E-state index contributed by atoms with van der Waals surface area (Å²) in [6.45, 7) is 5.37. The molecule has 2 aromatic heterocycles. The van der Waals surface area contributed by atoms with Gasteiger partial charge in [-0.25, -0.2) is 4.98 Å². The summed E-state index contributed by atoms with van der Waals surface area (Å²) < 4.78 is 1.92. The maximum absolute atomic E-state index is 10.6. The SMILES string of the molecule is Cc1nc(CC=O)c2cc(C(C)(C)O)ccn12. The molecule has 0 aliphatic carbocycles. The smallest absolute Gasteiger partial charge is 0.126 e. The van der Waals surface area contributed by atoms with Crippen LogP contribution >= 0.6 is 0 Å². The van der Waals surface area contributed by atoms with Crippen LogP contribution in [-0.4, -0.2) is 20.8 Å². The van der Waals surface area contributed by atoms with Gasteiger partial charge >= 0.3 is 0 Å². The van der Waals surface area contributed by atoms with Gasteiger partial charge < -0.3 is 14.3 Å². The molecule has 4 heteroatoms. The van der Waals surface area contributed by atoms with Crippen LogP contribution in [-0.2, 0) is 16.8 Å². The number of pyridine rings is 1. The molecule has 17 heavy (non-hydrogen) atoms. The lowest BCUT2D eigenvalue weighted by Crippen LogP contribution is -2.15. The minimum absolute atomic E-state index is 0.298. The van der Waals surface area contributed by atoms with Crippen molar-refractivity contribution in [1.82, 2.24) is 9.38 Å². The van der Waals surface area contributed by atoms with Crippen molar-refractivity contribution in [3.63, 3.8) is 0 Å². The van der Waals surface area contributed by atoms with E-state index in [1.54, 1.807) is 13.8 Å². The van der Waals surface area contributed by atoms with E-state index in [0.29, 0.717) is 6.42 Å². The van der Waals surface area contributed by atoms with Crippen LogP contribution in [0.2, 0.25) is 0 Å². The van der Waals surface area contributed by atoms with E-state index in [-0.39, 0.29) is 0 Å². The van der Waals surface area contributed by atoms with Gasteiger partial charge in [0.15, 0.2) is 0 Å².